The van der Waals surface area contributed by atoms with Crippen LogP contribution < -0.4 is 0 Å². The van der Waals surface area contributed by atoms with Gasteiger partial charge in [-0.15, -0.1) is 0 Å². The lowest BCUT2D eigenvalue weighted by Crippen LogP contribution is -2.37. The first-order valence-corrected chi connectivity index (χ1v) is 14.6. The molecular weight excluding hydrogens is 428 g/mol. The van der Waals surface area contributed by atoms with Crippen molar-refractivity contribution in [1.82, 2.24) is 9.80 Å². The molecule has 3 heteroatoms. The lowest BCUT2D eigenvalue weighted by Gasteiger charge is -2.32. The Balaban J connectivity index is 1.18. The van der Waals surface area contributed by atoms with Gasteiger partial charge in [-0.1, -0.05) is 25.0 Å². The standard InChI is InChI=1S/C32H46N2O/c1-25(33-19-5-3-6-20-33)11-9-13-27-15-17-31-29(23-27)30-24-28(16-18-32(30)35-31)14-10-12-26(2)34-21-7-4-8-22-34/h15-18,23-26H,3-14,19-22H2,1-2H3. The van der Waals surface area contributed by atoms with Gasteiger partial charge in [0.25, 0.3) is 0 Å². The highest BCUT2D eigenvalue weighted by molar-refractivity contribution is 6.05. The molecule has 35 heavy (non-hydrogen) atoms. The summed E-state index contributed by atoms with van der Waals surface area (Å²) in [5.74, 6) is 0. The van der Waals surface area contributed by atoms with E-state index < -0.39 is 0 Å². The van der Waals surface area contributed by atoms with Gasteiger partial charge in [0, 0.05) is 22.9 Å². The highest BCUT2D eigenvalue weighted by Gasteiger charge is 2.17. The lowest BCUT2D eigenvalue weighted by atomic mass is 9.99. The first-order chi connectivity index (χ1) is 17.2. The molecule has 2 aromatic carbocycles. The average Bonchev–Trinajstić information content (AvgIpc) is 3.27. The molecule has 0 bridgehead atoms. The largest absolute Gasteiger partial charge is 0.456 e. The minimum atomic E-state index is 0.717. The van der Waals surface area contributed by atoms with Gasteiger partial charge in [0.1, 0.15) is 11.2 Å². The zero-order valence-electron chi connectivity index (χ0n) is 22.2. The fourth-order valence-electron chi connectivity index (χ4n) is 6.47. The van der Waals surface area contributed by atoms with Crippen molar-refractivity contribution < 1.29 is 4.42 Å². The molecule has 3 heterocycles. The molecule has 3 aromatic rings. The third-order valence-corrected chi connectivity index (χ3v) is 8.80. The smallest absolute Gasteiger partial charge is 0.135 e. The molecule has 190 valence electrons. The summed E-state index contributed by atoms with van der Waals surface area (Å²) < 4.78 is 6.19. The Kier molecular flexibility index (Phi) is 8.47. The van der Waals surface area contributed by atoms with Crippen molar-refractivity contribution in [2.24, 2.45) is 0 Å². The zero-order valence-corrected chi connectivity index (χ0v) is 22.2. The molecule has 2 aliphatic heterocycles. The molecule has 5 rings (SSSR count). The zero-order chi connectivity index (χ0) is 24.0. The lowest BCUT2D eigenvalue weighted by molar-refractivity contribution is 0.165. The van der Waals surface area contributed by atoms with Crippen molar-refractivity contribution in [2.75, 3.05) is 26.2 Å². The van der Waals surface area contributed by atoms with E-state index in [4.69, 9.17) is 4.42 Å². The molecule has 3 nitrogen and oxygen atoms in total. The molecule has 0 saturated carbocycles. The third-order valence-electron chi connectivity index (χ3n) is 8.80. The predicted octanol–water partition coefficient (Wildman–Crippen LogP) is 7.98. The Hall–Kier alpha value is -1.84. The number of rotatable bonds is 10. The summed E-state index contributed by atoms with van der Waals surface area (Å²) >= 11 is 0. The molecule has 2 unspecified atom stereocenters. The van der Waals surface area contributed by atoms with Crippen LogP contribution in [0.1, 0.15) is 89.2 Å². The fraction of sp³-hybridized carbons (Fsp3) is 0.625. The highest BCUT2D eigenvalue weighted by Crippen LogP contribution is 2.31. The molecule has 0 radical (unpaired) electrons. The Morgan fingerprint density at radius 1 is 0.629 bits per heavy atom. The van der Waals surface area contributed by atoms with E-state index in [0.29, 0.717) is 12.1 Å². The van der Waals surface area contributed by atoms with Crippen LogP contribution in [0.25, 0.3) is 21.9 Å². The quantitative estimate of drug-likeness (QED) is 0.297. The van der Waals surface area contributed by atoms with Crippen molar-refractivity contribution in [3.8, 4) is 0 Å². The summed E-state index contributed by atoms with van der Waals surface area (Å²) in [6.45, 7) is 10.0. The molecule has 0 N–H and O–H groups in total. The van der Waals surface area contributed by atoms with E-state index in [2.05, 4.69) is 60.0 Å². The Bertz CT molecular complexity index is 990. The monoisotopic (exact) mass is 474 g/mol. The minimum Gasteiger partial charge on any atom is -0.456 e. The molecule has 0 amide bonds. The summed E-state index contributed by atoms with van der Waals surface area (Å²) in [7, 11) is 0. The first kappa shape index (κ1) is 24.8. The van der Waals surface area contributed by atoms with Crippen LogP contribution in [-0.4, -0.2) is 48.1 Å². The van der Waals surface area contributed by atoms with E-state index >= 15 is 0 Å². The van der Waals surface area contributed by atoms with Crippen LogP contribution in [0.5, 0.6) is 0 Å². The Labute approximate surface area is 212 Å². The van der Waals surface area contributed by atoms with Crippen molar-refractivity contribution in [3.05, 3.63) is 47.5 Å². The molecule has 1 aromatic heterocycles. The van der Waals surface area contributed by atoms with E-state index in [9.17, 15) is 0 Å². The first-order valence-electron chi connectivity index (χ1n) is 14.6. The van der Waals surface area contributed by atoms with E-state index in [0.717, 1.165) is 24.0 Å². The van der Waals surface area contributed by atoms with Gasteiger partial charge in [-0.3, -0.25) is 0 Å². The number of likely N-dealkylation sites (tertiary alicyclic amines) is 2. The summed E-state index contributed by atoms with van der Waals surface area (Å²) in [5, 5.41) is 2.59. The number of nitrogens with zero attached hydrogens (tertiary/aromatic N) is 2. The second-order valence-corrected chi connectivity index (χ2v) is 11.4. The van der Waals surface area contributed by atoms with Gasteiger partial charge in [0.15, 0.2) is 0 Å². The number of aryl methyl sites for hydroxylation is 2. The second kappa shape index (κ2) is 11.9. The minimum absolute atomic E-state index is 0.717. The molecule has 0 aliphatic carbocycles. The molecule has 2 fully saturated rings. The molecule has 2 aliphatic rings. The van der Waals surface area contributed by atoms with Crippen molar-refractivity contribution in [3.63, 3.8) is 0 Å². The van der Waals surface area contributed by atoms with Crippen molar-refractivity contribution >= 4 is 21.9 Å². The van der Waals surface area contributed by atoms with Crippen LogP contribution in [0.3, 0.4) is 0 Å². The van der Waals surface area contributed by atoms with Gasteiger partial charge in [0.05, 0.1) is 0 Å². The topological polar surface area (TPSA) is 19.6 Å². The molecule has 2 saturated heterocycles. The van der Waals surface area contributed by atoms with Gasteiger partial charge in [-0.2, -0.15) is 0 Å². The Morgan fingerprint density at radius 3 is 1.49 bits per heavy atom. The average molecular weight is 475 g/mol. The van der Waals surface area contributed by atoms with Crippen LogP contribution >= 0.6 is 0 Å². The SMILES string of the molecule is CC(CCCc1ccc2oc3ccc(CCCC(C)N4CCCCC4)cc3c2c1)N1CCCCC1. The molecule has 2 atom stereocenters. The Morgan fingerprint density at radius 2 is 1.06 bits per heavy atom. The van der Waals surface area contributed by atoms with Crippen LogP contribution in [0, 0.1) is 0 Å². The normalized spacial score (nSPS) is 19.9. The summed E-state index contributed by atoms with van der Waals surface area (Å²) in [6.07, 6.45) is 15.8. The van der Waals surface area contributed by atoms with Crippen molar-refractivity contribution in [1.29, 1.82) is 0 Å². The number of piperidine rings is 2. The summed E-state index contributed by atoms with van der Waals surface area (Å²) in [5.41, 5.74) is 4.96. The fourth-order valence-corrected chi connectivity index (χ4v) is 6.47. The van der Waals surface area contributed by atoms with Crippen molar-refractivity contribution in [2.45, 2.75) is 103 Å². The van der Waals surface area contributed by atoms with Crippen LogP contribution in [-0.2, 0) is 12.8 Å². The summed E-state index contributed by atoms with van der Waals surface area (Å²) in [6, 6.07) is 15.2. The van der Waals surface area contributed by atoms with Gasteiger partial charge < -0.3 is 14.2 Å². The summed E-state index contributed by atoms with van der Waals surface area (Å²) in [4.78, 5) is 5.40. The maximum absolute atomic E-state index is 6.19. The van der Waals surface area contributed by atoms with Gasteiger partial charge in [0.2, 0.25) is 0 Å². The maximum Gasteiger partial charge on any atom is 0.135 e. The number of benzene rings is 2. The maximum atomic E-state index is 6.19. The highest BCUT2D eigenvalue weighted by atomic mass is 16.3. The van der Waals surface area contributed by atoms with Crippen LogP contribution in [0.15, 0.2) is 40.8 Å². The number of furan rings is 1. The second-order valence-electron chi connectivity index (χ2n) is 11.4. The predicted molar refractivity (Wildman–Crippen MR) is 149 cm³/mol. The van der Waals surface area contributed by atoms with Crippen LogP contribution in [0.4, 0.5) is 0 Å². The van der Waals surface area contributed by atoms with E-state index in [-0.39, 0.29) is 0 Å². The van der Waals surface area contributed by atoms with Gasteiger partial charge in [-0.25, -0.2) is 0 Å². The number of hydrogen-bond acceptors (Lipinski definition) is 3. The number of hydrogen-bond donors (Lipinski definition) is 0. The van der Waals surface area contributed by atoms with Crippen LogP contribution in [0.2, 0.25) is 0 Å². The molecular formula is C32H46N2O. The third kappa shape index (κ3) is 6.30. The van der Waals surface area contributed by atoms with Gasteiger partial charge in [-0.05, 0) is 140 Å². The number of fused-ring (bicyclic) bond motifs is 3. The molecule has 0 spiro atoms. The van der Waals surface area contributed by atoms with E-state index in [1.165, 1.54) is 112 Å². The van der Waals surface area contributed by atoms with Gasteiger partial charge >= 0.3 is 0 Å². The van der Waals surface area contributed by atoms with E-state index in [1.807, 2.05) is 0 Å². The van der Waals surface area contributed by atoms with E-state index in [1.54, 1.807) is 0 Å².